The first-order valence-corrected chi connectivity index (χ1v) is 9.44. The maximum Gasteiger partial charge on any atom is 0.315 e. The Bertz CT molecular complexity index is 864. The highest BCUT2D eigenvalue weighted by molar-refractivity contribution is 7.07. The number of carboxylic acid groups (broad SMARTS) is 1. The van der Waals surface area contributed by atoms with Crippen LogP contribution in [-0.2, 0) is 15.0 Å². The van der Waals surface area contributed by atoms with Crippen LogP contribution in [0, 0.1) is 5.41 Å². The Morgan fingerprint density at radius 1 is 1.38 bits per heavy atom. The van der Waals surface area contributed by atoms with Crippen LogP contribution in [0.4, 0.5) is 0 Å². The van der Waals surface area contributed by atoms with Crippen LogP contribution >= 0.6 is 11.3 Å². The Morgan fingerprint density at radius 2 is 2.15 bits per heavy atom. The maximum atomic E-state index is 13.2. The molecule has 6 nitrogen and oxygen atoms in total. The summed E-state index contributed by atoms with van der Waals surface area (Å²) in [7, 11) is 0. The van der Waals surface area contributed by atoms with Gasteiger partial charge in [0.05, 0.1) is 16.6 Å². The minimum Gasteiger partial charge on any atom is -0.492 e. The van der Waals surface area contributed by atoms with Crippen LogP contribution in [0.3, 0.4) is 0 Å². The maximum absolute atomic E-state index is 13.2. The number of rotatable bonds is 3. The van der Waals surface area contributed by atoms with E-state index in [2.05, 4.69) is 4.98 Å². The second kappa shape index (κ2) is 5.81. The molecule has 0 spiro atoms. The van der Waals surface area contributed by atoms with Gasteiger partial charge in [-0.15, -0.1) is 11.3 Å². The Hall–Kier alpha value is -2.41. The number of hydrogen-bond donors (Lipinski definition) is 1. The summed E-state index contributed by atoms with van der Waals surface area (Å²) < 4.78 is 5.76. The second-order valence-electron chi connectivity index (χ2n) is 7.52. The van der Waals surface area contributed by atoms with E-state index in [1.54, 1.807) is 10.4 Å². The molecule has 0 unspecified atom stereocenters. The zero-order chi connectivity index (χ0) is 18.5. The van der Waals surface area contributed by atoms with Gasteiger partial charge in [0.25, 0.3) is 0 Å². The third-order valence-electron chi connectivity index (χ3n) is 5.64. The number of carboxylic acids is 1. The summed E-state index contributed by atoms with van der Waals surface area (Å²) in [6.07, 6.45) is 0. The predicted octanol–water partition coefficient (Wildman–Crippen LogP) is 2.51. The lowest BCUT2D eigenvalue weighted by Gasteiger charge is -2.35. The molecule has 7 heteroatoms. The summed E-state index contributed by atoms with van der Waals surface area (Å²) >= 11 is 1.45. The average molecular weight is 372 g/mol. The Balaban J connectivity index is 1.70. The number of hydrogen-bond acceptors (Lipinski definition) is 5. The van der Waals surface area contributed by atoms with Crippen LogP contribution in [0.1, 0.15) is 31.0 Å². The molecule has 1 fully saturated rings. The number of para-hydroxylation sites is 1. The first-order chi connectivity index (χ1) is 12.4. The molecule has 0 radical (unpaired) electrons. The number of likely N-dealkylation sites (tertiary alicyclic amines) is 1. The number of fused-ring (bicyclic) bond motifs is 3. The molecule has 1 N–H and O–H groups in total. The molecule has 2 atom stereocenters. The molecule has 2 aliphatic heterocycles. The van der Waals surface area contributed by atoms with Crippen molar-refractivity contribution in [3.8, 4) is 5.75 Å². The van der Waals surface area contributed by atoms with E-state index in [0.29, 0.717) is 18.0 Å². The van der Waals surface area contributed by atoms with E-state index in [1.165, 1.54) is 11.3 Å². The SMILES string of the molecule is CC(C)(C(=O)N1C[C@@H]2c3ccccc3OC[C@]2(C(=O)O)C1)c1cscn1. The summed E-state index contributed by atoms with van der Waals surface area (Å²) in [5.74, 6) is -0.586. The molecular weight excluding hydrogens is 352 g/mol. The van der Waals surface area contributed by atoms with Gasteiger partial charge in [0.2, 0.25) is 5.91 Å². The van der Waals surface area contributed by atoms with Crippen molar-refractivity contribution in [3.63, 3.8) is 0 Å². The number of amides is 1. The van der Waals surface area contributed by atoms with Crippen molar-refractivity contribution >= 4 is 23.2 Å². The Labute approximate surface area is 155 Å². The van der Waals surface area contributed by atoms with Crippen molar-refractivity contribution in [2.75, 3.05) is 19.7 Å². The van der Waals surface area contributed by atoms with Crippen LogP contribution in [0.25, 0.3) is 0 Å². The van der Waals surface area contributed by atoms with Crippen LogP contribution < -0.4 is 4.74 Å². The molecule has 1 saturated heterocycles. The Morgan fingerprint density at radius 3 is 2.85 bits per heavy atom. The van der Waals surface area contributed by atoms with Crippen LogP contribution in [0.2, 0.25) is 0 Å². The van der Waals surface area contributed by atoms with Gasteiger partial charge in [-0.2, -0.15) is 0 Å². The largest absolute Gasteiger partial charge is 0.492 e. The van der Waals surface area contributed by atoms with Gasteiger partial charge >= 0.3 is 5.97 Å². The van der Waals surface area contributed by atoms with E-state index in [4.69, 9.17) is 4.74 Å². The highest BCUT2D eigenvalue weighted by Crippen LogP contribution is 2.50. The van der Waals surface area contributed by atoms with Gasteiger partial charge in [0.15, 0.2) is 0 Å². The monoisotopic (exact) mass is 372 g/mol. The highest BCUT2D eigenvalue weighted by atomic mass is 32.1. The molecule has 136 valence electrons. The fraction of sp³-hybridized carbons (Fsp3) is 0.421. The third-order valence-corrected chi connectivity index (χ3v) is 6.23. The number of nitrogens with zero attached hydrogens (tertiary/aromatic N) is 2. The van der Waals surface area contributed by atoms with E-state index in [1.807, 2.05) is 43.5 Å². The molecule has 2 aliphatic rings. The molecule has 26 heavy (non-hydrogen) atoms. The van der Waals surface area contributed by atoms with E-state index < -0.39 is 16.8 Å². The number of benzene rings is 1. The smallest absolute Gasteiger partial charge is 0.315 e. The minimum absolute atomic E-state index is 0.0743. The minimum atomic E-state index is -1.11. The lowest BCUT2D eigenvalue weighted by molar-refractivity contribution is -0.152. The molecule has 3 heterocycles. The van der Waals surface area contributed by atoms with Crippen molar-refractivity contribution in [2.45, 2.75) is 25.2 Å². The van der Waals surface area contributed by atoms with E-state index in [-0.39, 0.29) is 25.0 Å². The zero-order valence-corrected chi connectivity index (χ0v) is 15.5. The lowest BCUT2D eigenvalue weighted by Crippen LogP contribution is -2.47. The van der Waals surface area contributed by atoms with E-state index in [9.17, 15) is 14.7 Å². The fourth-order valence-corrected chi connectivity index (χ4v) is 4.74. The molecule has 1 aromatic carbocycles. The van der Waals surface area contributed by atoms with Gasteiger partial charge in [0, 0.05) is 30.0 Å². The van der Waals surface area contributed by atoms with Crippen molar-refractivity contribution in [1.82, 2.24) is 9.88 Å². The molecule has 0 saturated carbocycles. The molecule has 1 amide bonds. The van der Waals surface area contributed by atoms with Crippen molar-refractivity contribution < 1.29 is 19.4 Å². The number of thiazole rings is 1. The highest BCUT2D eigenvalue weighted by Gasteiger charge is 2.58. The van der Waals surface area contributed by atoms with Crippen LogP contribution in [0.5, 0.6) is 5.75 Å². The van der Waals surface area contributed by atoms with Gasteiger partial charge in [-0.3, -0.25) is 9.59 Å². The standard InChI is InChI=1S/C19H20N2O4S/c1-18(2,15-8-26-11-20-15)16(22)21-7-13-12-5-3-4-6-14(12)25-10-19(13,9-21)17(23)24/h3-6,8,11,13H,7,9-10H2,1-2H3,(H,23,24)/t13-,19-/m1/s1. The number of aromatic nitrogens is 1. The van der Waals surface area contributed by atoms with Crippen LogP contribution in [-0.4, -0.2) is 46.6 Å². The van der Waals surface area contributed by atoms with Gasteiger partial charge in [-0.1, -0.05) is 18.2 Å². The van der Waals surface area contributed by atoms with Crippen molar-refractivity contribution in [1.29, 1.82) is 0 Å². The summed E-state index contributed by atoms with van der Waals surface area (Å²) in [6, 6.07) is 7.50. The number of ether oxygens (including phenoxy) is 1. The summed E-state index contributed by atoms with van der Waals surface area (Å²) in [4.78, 5) is 31.4. The van der Waals surface area contributed by atoms with Crippen molar-refractivity contribution in [2.24, 2.45) is 5.41 Å². The molecule has 0 aliphatic carbocycles. The van der Waals surface area contributed by atoms with Crippen LogP contribution in [0.15, 0.2) is 35.2 Å². The van der Waals surface area contributed by atoms with E-state index >= 15 is 0 Å². The summed E-state index contributed by atoms with van der Waals surface area (Å²) in [5.41, 5.74) is 1.37. The normalized spacial score (nSPS) is 24.5. The first kappa shape index (κ1) is 17.0. The third kappa shape index (κ3) is 2.34. The number of carbonyl (C=O) groups excluding carboxylic acids is 1. The summed E-state index contributed by atoms with van der Waals surface area (Å²) in [5, 5.41) is 11.8. The zero-order valence-electron chi connectivity index (χ0n) is 14.6. The van der Waals surface area contributed by atoms with Gasteiger partial charge < -0.3 is 14.7 Å². The quantitative estimate of drug-likeness (QED) is 0.895. The number of carbonyl (C=O) groups is 2. The fourth-order valence-electron chi connectivity index (χ4n) is 4.02. The molecule has 4 rings (SSSR count). The Kier molecular flexibility index (Phi) is 3.80. The van der Waals surface area contributed by atoms with E-state index in [0.717, 1.165) is 5.56 Å². The first-order valence-electron chi connectivity index (χ1n) is 8.49. The number of aliphatic carboxylic acids is 1. The average Bonchev–Trinajstić information content (AvgIpc) is 3.29. The van der Waals surface area contributed by atoms with Gasteiger partial charge in [-0.25, -0.2) is 4.98 Å². The van der Waals surface area contributed by atoms with Gasteiger partial charge in [0.1, 0.15) is 17.8 Å². The predicted molar refractivity (Wildman–Crippen MR) is 96.5 cm³/mol. The van der Waals surface area contributed by atoms with Gasteiger partial charge in [-0.05, 0) is 19.9 Å². The molecule has 1 aromatic heterocycles. The topological polar surface area (TPSA) is 79.7 Å². The summed E-state index contributed by atoms with van der Waals surface area (Å²) in [6.45, 7) is 4.27. The molecule has 2 aromatic rings. The molecule has 0 bridgehead atoms. The lowest BCUT2D eigenvalue weighted by atomic mass is 9.73. The molecular formula is C19H20N2O4S. The van der Waals surface area contributed by atoms with Crippen molar-refractivity contribution in [3.05, 3.63) is 46.4 Å². The second-order valence-corrected chi connectivity index (χ2v) is 8.24.